The predicted molar refractivity (Wildman–Crippen MR) is 118 cm³/mol. The zero-order valence-electron chi connectivity index (χ0n) is 18.3. The molecular weight excluding hydrogens is 430 g/mol. The number of carbonyl (C=O) groups excluding carboxylic acids is 3. The summed E-state index contributed by atoms with van der Waals surface area (Å²) in [5.74, 6) is -0.470. The highest BCUT2D eigenvalue weighted by Gasteiger charge is 2.33. The van der Waals surface area contributed by atoms with Crippen LogP contribution in [0.25, 0.3) is 0 Å². The van der Waals surface area contributed by atoms with Gasteiger partial charge in [-0.3, -0.25) is 19.9 Å². The summed E-state index contributed by atoms with van der Waals surface area (Å²) in [6, 6.07) is 11.7. The van der Waals surface area contributed by atoms with E-state index < -0.39 is 24.1 Å². The number of ether oxygens (including phenoxy) is 4. The van der Waals surface area contributed by atoms with Crippen molar-refractivity contribution in [1.82, 2.24) is 0 Å². The molecule has 10 heteroatoms. The summed E-state index contributed by atoms with van der Waals surface area (Å²) in [5.41, 5.74) is 7.86. The molecule has 1 atom stereocenters. The molecule has 33 heavy (non-hydrogen) atoms. The normalized spacial score (nSPS) is 15.0. The molecule has 3 rings (SSSR count). The van der Waals surface area contributed by atoms with Crippen molar-refractivity contribution in [3.8, 4) is 5.75 Å². The number of methoxy groups -OCH3 is 2. The fourth-order valence-corrected chi connectivity index (χ4v) is 3.31. The van der Waals surface area contributed by atoms with Crippen LogP contribution in [-0.2, 0) is 36.6 Å². The second kappa shape index (κ2) is 10.5. The standard InChI is InChI=1S/C23H25N3O7/c1-30-20(27)10-15-5-8-18(9-16(15)11-21(28)31-2)32-13-19-12-26(23(29)33-19)17-6-3-14(4-7-17)22(24)25/h3-9,19H,10-13H2,1-2H3,(H3,24,25). The molecule has 0 saturated carbocycles. The highest BCUT2D eigenvalue weighted by molar-refractivity contribution is 5.96. The van der Waals surface area contributed by atoms with Gasteiger partial charge in [-0.15, -0.1) is 0 Å². The molecule has 1 saturated heterocycles. The third-order valence-corrected chi connectivity index (χ3v) is 5.10. The van der Waals surface area contributed by atoms with Crippen molar-refractivity contribution in [2.75, 3.05) is 32.3 Å². The van der Waals surface area contributed by atoms with Crippen LogP contribution in [0, 0.1) is 5.41 Å². The number of nitrogens with zero attached hydrogens (tertiary/aromatic N) is 1. The molecule has 1 aliphatic heterocycles. The molecule has 1 aliphatic rings. The molecule has 0 aliphatic carbocycles. The number of hydrogen-bond donors (Lipinski definition) is 2. The Bertz CT molecular complexity index is 1050. The quantitative estimate of drug-likeness (QED) is 0.252. The van der Waals surface area contributed by atoms with E-state index in [0.717, 1.165) is 0 Å². The van der Waals surface area contributed by atoms with E-state index in [1.54, 1.807) is 42.5 Å². The van der Waals surface area contributed by atoms with E-state index in [2.05, 4.69) is 0 Å². The lowest BCUT2D eigenvalue weighted by Gasteiger charge is -2.15. The van der Waals surface area contributed by atoms with Crippen molar-refractivity contribution < 1.29 is 33.3 Å². The number of nitrogen functional groups attached to an aromatic ring is 1. The number of nitrogens with one attached hydrogen (secondary N) is 1. The third-order valence-electron chi connectivity index (χ3n) is 5.10. The van der Waals surface area contributed by atoms with Gasteiger partial charge in [0.25, 0.3) is 0 Å². The molecule has 10 nitrogen and oxygen atoms in total. The topological polar surface area (TPSA) is 141 Å². The lowest BCUT2D eigenvalue weighted by atomic mass is 10.0. The van der Waals surface area contributed by atoms with Crippen molar-refractivity contribution >= 4 is 29.6 Å². The van der Waals surface area contributed by atoms with Gasteiger partial charge in [0.05, 0.1) is 33.6 Å². The zero-order valence-corrected chi connectivity index (χ0v) is 18.3. The maximum atomic E-state index is 12.3. The third kappa shape index (κ3) is 6.00. The Morgan fingerprint density at radius 3 is 2.30 bits per heavy atom. The van der Waals surface area contributed by atoms with Gasteiger partial charge >= 0.3 is 18.0 Å². The van der Waals surface area contributed by atoms with Crippen molar-refractivity contribution in [2.24, 2.45) is 5.73 Å². The van der Waals surface area contributed by atoms with Gasteiger partial charge in [0.1, 0.15) is 18.2 Å². The van der Waals surface area contributed by atoms with Gasteiger partial charge in [-0.05, 0) is 47.5 Å². The molecule has 2 aromatic carbocycles. The van der Waals surface area contributed by atoms with E-state index in [-0.39, 0.29) is 31.8 Å². The van der Waals surface area contributed by atoms with Crippen LogP contribution in [0.2, 0.25) is 0 Å². The second-order valence-corrected chi connectivity index (χ2v) is 7.32. The number of amidine groups is 1. The lowest BCUT2D eigenvalue weighted by molar-refractivity contribution is -0.141. The molecule has 1 fully saturated rings. The molecular formula is C23H25N3O7. The van der Waals surface area contributed by atoms with E-state index in [1.807, 2.05) is 0 Å². The number of anilines is 1. The highest BCUT2D eigenvalue weighted by Crippen LogP contribution is 2.24. The molecule has 1 heterocycles. The Morgan fingerprint density at radius 1 is 1.06 bits per heavy atom. The Labute approximate surface area is 190 Å². The van der Waals surface area contributed by atoms with Crippen LogP contribution in [0.1, 0.15) is 16.7 Å². The monoisotopic (exact) mass is 455 g/mol. The van der Waals surface area contributed by atoms with E-state index in [4.69, 9.17) is 30.1 Å². The zero-order chi connectivity index (χ0) is 24.0. The Morgan fingerprint density at radius 2 is 1.70 bits per heavy atom. The SMILES string of the molecule is COC(=O)Cc1ccc(OCC2CN(c3ccc(C(=N)N)cc3)C(=O)O2)cc1CC(=O)OC. The van der Waals surface area contributed by atoms with E-state index in [9.17, 15) is 14.4 Å². The van der Waals surface area contributed by atoms with Crippen molar-refractivity contribution in [3.05, 3.63) is 59.2 Å². The van der Waals surface area contributed by atoms with Crippen molar-refractivity contribution in [2.45, 2.75) is 18.9 Å². The Kier molecular flexibility index (Phi) is 7.50. The molecule has 1 unspecified atom stereocenters. The maximum absolute atomic E-state index is 12.3. The second-order valence-electron chi connectivity index (χ2n) is 7.32. The minimum absolute atomic E-state index is 0.0146. The lowest BCUT2D eigenvalue weighted by Crippen LogP contribution is -2.26. The average molecular weight is 455 g/mol. The summed E-state index contributed by atoms with van der Waals surface area (Å²) in [6.45, 7) is 0.384. The number of carbonyl (C=O) groups is 3. The van der Waals surface area contributed by atoms with Crippen molar-refractivity contribution in [3.63, 3.8) is 0 Å². The summed E-state index contributed by atoms with van der Waals surface area (Å²) in [7, 11) is 2.58. The number of hydrogen-bond acceptors (Lipinski definition) is 8. The van der Waals surface area contributed by atoms with Crippen LogP contribution in [0.3, 0.4) is 0 Å². The predicted octanol–water partition coefficient (Wildman–Crippen LogP) is 1.81. The van der Waals surface area contributed by atoms with Gasteiger partial charge in [-0.1, -0.05) is 6.07 Å². The van der Waals surface area contributed by atoms with Crippen LogP contribution in [0.15, 0.2) is 42.5 Å². The molecule has 0 aromatic heterocycles. The molecule has 0 radical (unpaired) electrons. The van der Waals surface area contributed by atoms with Crippen LogP contribution in [-0.4, -0.2) is 57.3 Å². The van der Waals surface area contributed by atoms with E-state index in [1.165, 1.54) is 19.1 Å². The number of amides is 1. The number of cyclic esters (lactones) is 1. The highest BCUT2D eigenvalue weighted by atomic mass is 16.6. The number of rotatable bonds is 9. The summed E-state index contributed by atoms with van der Waals surface area (Å²) in [6.07, 6.45) is -1.02. The molecule has 0 bridgehead atoms. The van der Waals surface area contributed by atoms with Crippen LogP contribution in [0.4, 0.5) is 10.5 Å². The van der Waals surface area contributed by atoms with Crippen molar-refractivity contribution in [1.29, 1.82) is 5.41 Å². The van der Waals surface area contributed by atoms with Crippen LogP contribution < -0.4 is 15.4 Å². The van der Waals surface area contributed by atoms with Crippen LogP contribution in [0.5, 0.6) is 5.75 Å². The van der Waals surface area contributed by atoms with Gasteiger partial charge in [-0.2, -0.15) is 0 Å². The van der Waals surface area contributed by atoms with Gasteiger partial charge in [0.2, 0.25) is 0 Å². The average Bonchev–Trinajstić information content (AvgIpc) is 3.19. The minimum Gasteiger partial charge on any atom is -0.490 e. The first-order valence-electron chi connectivity index (χ1n) is 10.1. The number of benzene rings is 2. The first kappa shape index (κ1) is 23.6. The number of nitrogens with two attached hydrogens (primary N) is 1. The smallest absolute Gasteiger partial charge is 0.414 e. The van der Waals surface area contributed by atoms with Crippen LogP contribution >= 0.6 is 0 Å². The Hall–Kier alpha value is -4.08. The Balaban J connectivity index is 1.65. The van der Waals surface area contributed by atoms with Gasteiger partial charge in [0, 0.05) is 11.3 Å². The van der Waals surface area contributed by atoms with Gasteiger partial charge in [0.15, 0.2) is 6.10 Å². The summed E-state index contributed by atoms with van der Waals surface area (Å²) < 4.78 is 20.6. The summed E-state index contributed by atoms with van der Waals surface area (Å²) in [5, 5.41) is 7.45. The first-order chi connectivity index (χ1) is 15.8. The molecule has 1 amide bonds. The first-order valence-corrected chi connectivity index (χ1v) is 10.1. The fraction of sp³-hybridized carbons (Fsp3) is 0.304. The minimum atomic E-state index is -0.510. The number of esters is 2. The maximum Gasteiger partial charge on any atom is 0.414 e. The molecule has 174 valence electrons. The molecule has 3 N–H and O–H groups in total. The van der Waals surface area contributed by atoms with E-state index >= 15 is 0 Å². The largest absolute Gasteiger partial charge is 0.490 e. The van der Waals surface area contributed by atoms with E-state index in [0.29, 0.717) is 28.1 Å². The summed E-state index contributed by atoms with van der Waals surface area (Å²) >= 11 is 0. The van der Waals surface area contributed by atoms with Gasteiger partial charge < -0.3 is 24.7 Å². The summed E-state index contributed by atoms with van der Waals surface area (Å²) in [4.78, 5) is 37.2. The molecule has 0 spiro atoms. The molecule has 2 aromatic rings. The fourth-order valence-electron chi connectivity index (χ4n) is 3.31. The van der Waals surface area contributed by atoms with Gasteiger partial charge in [-0.25, -0.2) is 4.79 Å².